The molecule has 2 N–H and O–H groups in total. The minimum absolute atomic E-state index is 0.233. The van der Waals surface area contributed by atoms with Gasteiger partial charge in [-0.1, -0.05) is 29.8 Å². The first-order chi connectivity index (χ1) is 13.0. The molecule has 0 aliphatic carbocycles. The molecule has 0 aliphatic rings. The zero-order valence-electron chi connectivity index (χ0n) is 15.2. The minimum atomic E-state index is -0.368. The molecular formula is C20H19ClN4O2. The van der Waals surface area contributed by atoms with Crippen molar-refractivity contribution in [3.05, 3.63) is 70.5 Å². The summed E-state index contributed by atoms with van der Waals surface area (Å²) in [5, 5.41) is 6.34. The molecule has 0 radical (unpaired) electrons. The molecule has 0 fully saturated rings. The van der Waals surface area contributed by atoms with Gasteiger partial charge < -0.3 is 15.4 Å². The van der Waals surface area contributed by atoms with Crippen molar-refractivity contribution in [2.75, 3.05) is 17.7 Å². The topological polar surface area (TPSA) is 76.1 Å². The van der Waals surface area contributed by atoms with Crippen LogP contribution in [0, 0.1) is 13.8 Å². The van der Waals surface area contributed by atoms with Crippen LogP contribution in [0.15, 0.2) is 48.5 Å². The van der Waals surface area contributed by atoms with Crippen molar-refractivity contribution in [1.29, 1.82) is 0 Å². The Morgan fingerprint density at radius 3 is 2.56 bits per heavy atom. The number of hydrogen-bond acceptors (Lipinski definition) is 5. The Balaban J connectivity index is 1.87. The van der Waals surface area contributed by atoms with Gasteiger partial charge in [-0.3, -0.25) is 4.79 Å². The van der Waals surface area contributed by atoms with Crippen LogP contribution in [0.1, 0.15) is 21.7 Å². The molecule has 0 saturated heterocycles. The first kappa shape index (κ1) is 18.7. The van der Waals surface area contributed by atoms with Gasteiger partial charge in [0.2, 0.25) is 5.95 Å². The van der Waals surface area contributed by atoms with E-state index >= 15 is 0 Å². The van der Waals surface area contributed by atoms with Crippen LogP contribution in [-0.4, -0.2) is 23.0 Å². The number of rotatable bonds is 5. The lowest BCUT2D eigenvalue weighted by Gasteiger charge is -2.12. The van der Waals surface area contributed by atoms with E-state index in [1.807, 2.05) is 25.1 Å². The van der Waals surface area contributed by atoms with E-state index in [0.717, 1.165) is 11.3 Å². The second kappa shape index (κ2) is 8.05. The second-order valence-electron chi connectivity index (χ2n) is 5.98. The molecule has 6 nitrogen and oxygen atoms in total. The average molecular weight is 383 g/mol. The number of nitrogens with zero attached hydrogens (tertiary/aromatic N) is 2. The number of benzene rings is 2. The van der Waals surface area contributed by atoms with Crippen LogP contribution < -0.4 is 15.4 Å². The van der Waals surface area contributed by atoms with E-state index in [-0.39, 0.29) is 11.6 Å². The lowest BCUT2D eigenvalue weighted by Crippen LogP contribution is -2.15. The smallest absolute Gasteiger partial charge is 0.274 e. The molecule has 1 amide bonds. The van der Waals surface area contributed by atoms with Gasteiger partial charge in [0.15, 0.2) is 0 Å². The Morgan fingerprint density at radius 2 is 1.81 bits per heavy atom. The molecule has 0 atom stereocenters. The third-order valence-electron chi connectivity index (χ3n) is 3.81. The summed E-state index contributed by atoms with van der Waals surface area (Å²) in [6, 6.07) is 14.4. The van der Waals surface area contributed by atoms with Crippen LogP contribution in [0.5, 0.6) is 5.75 Å². The summed E-state index contributed by atoms with van der Waals surface area (Å²) < 4.78 is 5.36. The number of para-hydroxylation sites is 1. The van der Waals surface area contributed by atoms with Crippen molar-refractivity contribution >= 4 is 34.8 Å². The zero-order chi connectivity index (χ0) is 19.4. The quantitative estimate of drug-likeness (QED) is 0.665. The Bertz CT molecular complexity index is 991. The predicted molar refractivity (Wildman–Crippen MR) is 107 cm³/mol. The van der Waals surface area contributed by atoms with E-state index in [1.54, 1.807) is 44.4 Å². The molecular weight excluding hydrogens is 364 g/mol. The number of nitrogens with one attached hydrogen (secondary N) is 2. The van der Waals surface area contributed by atoms with Crippen LogP contribution in [0.25, 0.3) is 0 Å². The van der Waals surface area contributed by atoms with Gasteiger partial charge in [-0.05, 0) is 49.7 Å². The first-order valence-electron chi connectivity index (χ1n) is 8.29. The lowest BCUT2D eigenvalue weighted by molar-refractivity contribution is 0.102. The van der Waals surface area contributed by atoms with E-state index in [1.165, 1.54) is 0 Å². The molecule has 3 aromatic rings. The highest BCUT2D eigenvalue weighted by Crippen LogP contribution is 2.27. The van der Waals surface area contributed by atoms with E-state index in [9.17, 15) is 4.79 Å². The summed E-state index contributed by atoms with van der Waals surface area (Å²) in [6.07, 6.45) is 0. The zero-order valence-corrected chi connectivity index (χ0v) is 16.0. The third kappa shape index (κ3) is 4.54. The van der Waals surface area contributed by atoms with Gasteiger partial charge >= 0.3 is 0 Å². The highest BCUT2D eigenvalue weighted by Gasteiger charge is 2.13. The Hall–Kier alpha value is -3.12. The van der Waals surface area contributed by atoms with Crippen molar-refractivity contribution < 1.29 is 9.53 Å². The maximum atomic E-state index is 12.6. The highest BCUT2D eigenvalue weighted by molar-refractivity contribution is 6.33. The molecule has 1 aromatic heterocycles. The predicted octanol–water partition coefficient (Wildman–Crippen LogP) is 4.75. The minimum Gasteiger partial charge on any atom is -0.495 e. The monoisotopic (exact) mass is 382 g/mol. The summed E-state index contributed by atoms with van der Waals surface area (Å²) in [4.78, 5) is 21.3. The van der Waals surface area contributed by atoms with Gasteiger partial charge in [-0.2, -0.15) is 0 Å². The molecule has 0 unspecified atom stereocenters. The van der Waals surface area contributed by atoms with Gasteiger partial charge in [0, 0.05) is 5.69 Å². The van der Waals surface area contributed by atoms with E-state index in [0.29, 0.717) is 28.1 Å². The molecule has 0 bridgehead atoms. The average Bonchev–Trinajstić information content (AvgIpc) is 2.63. The number of aryl methyl sites for hydroxylation is 2. The van der Waals surface area contributed by atoms with Gasteiger partial charge in [-0.25, -0.2) is 9.97 Å². The van der Waals surface area contributed by atoms with Crippen LogP contribution in [0.2, 0.25) is 5.02 Å². The number of ether oxygens (including phenoxy) is 1. The SMILES string of the molecule is COc1ccc(C)cc1Nc1nc(C)cc(C(=O)Nc2ccccc2Cl)n1. The highest BCUT2D eigenvalue weighted by atomic mass is 35.5. The van der Waals surface area contributed by atoms with Gasteiger partial charge in [0.1, 0.15) is 11.4 Å². The number of methoxy groups -OCH3 is 1. The number of hydrogen-bond donors (Lipinski definition) is 2. The van der Waals surface area contributed by atoms with Crippen molar-refractivity contribution in [3.8, 4) is 5.75 Å². The van der Waals surface area contributed by atoms with Gasteiger partial charge in [0.05, 0.1) is 23.5 Å². The summed E-state index contributed by atoms with van der Waals surface area (Å²) in [7, 11) is 1.59. The fraction of sp³-hybridized carbons (Fsp3) is 0.150. The standard InChI is InChI=1S/C20H19ClN4O2/c1-12-8-9-18(27-3)16(10-12)24-20-22-13(2)11-17(25-20)19(26)23-15-7-5-4-6-14(15)21/h4-11H,1-3H3,(H,23,26)(H,22,24,25). The van der Waals surface area contributed by atoms with Crippen LogP contribution >= 0.6 is 11.6 Å². The van der Waals surface area contributed by atoms with Crippen molar-refractivity contribution in [1.82, 2.24) is 9.97 Å². The fourth-order valence-electron chi connectivity index (χ4n) is 2.53. The molecule has 0 saturated carbocycles. The van der Waals surface area contributed by atoms with Crippen molar-refractivity contribution in [3.63, 3.8) is 0 Å². The Morgan fingerprint density at radius 1 is 1.04 bits per heavy atom. The molecule has 2 aromatic carbocycles. The third-order valence-corrected chi connectivity index (χ3v) is 4.14. The Labute approximate surface area is 162 Å². The lowest BCUT2D eigenvalue weighted by atomic mass is 10.2. The second-order valence-corrected chi connectivity index (χ2v) is 6.39. The number of anilines is 3. The molecule has 7 heteroatoms. The van der Waals surface area contributed by atoms with Crippen LogP contribution in [-0.2, 0) is 0 Å². The number of carbonyl (C=O) groups is 1. The van der Waals surface area contributed by atoms with E-state index in [2.05, 4.69) is 20.6 Å². The van der Waals surface area contributed by atoms with E-state index in [4.69, 9.17) is 16.3 Å². The number of aromatic nitrogens is 2. The van der Waals surface area contributed by atoms with Crippen LogP contribution in [0.3, 0.4) is 0 Å². The normalized spacial score (nSPS) is 10.4. The molecule has 138 valence electrons. The summed E-state index contributed by atoms with van der Waals surface area (Å²) in [6.45, 7) is 3.77. The van der Waals surface area contributed by atoms with Crippen molar-refractivity contribution in [2.24, 2.45) is 0 Å². The Kier molecular flexibility index (Phi) is 5.57. The molecule has 3 rings (SSSR count). The molecule has 27 heavy (non-hydrogen) atoms. The number of halogens is 1. The van der Waals surface area contributed by atoms with Gasteiger partial charge in [-0.15, -0.1) is 0 Å². The number of carbonyl (C=O) groups excluding carboxylic acids is 1. The largest absolute Gasteiger partial charge is 0.495 e. The number of amides is 1. The van der Waals surface area contributed by atoms with Gasteiger partial charge in [0.25, 0.3) is 5.91 Å². The maximum Gasteiger partial charge on any atom is 0.274 e. The summed E-state index contributed by atoms with van der Waals surface area (Å²) in [5.41, 5.74) is 3.19. The molecule has 0 aliphatic heterocycles. The molecule has 0 spiro atoms. The van der Waals surface area contributed by atoms with Crippen molar-refractivity contribution in [2.45, 2.75) is 13.8 Å². The fourth-order valence-corrected chi connectivity index (χ4v) is 2.71. The maximum absolute atomic E-state index is 12.6. The summed E-state index contributed by atoms with van der Waals surface area (Å²) in [5.74, 6) is 0.601. The van der Waals surface area contributed by atoms with E-state index < -0.39 is 0 Å². The molecule has 1 heterocycles. The summed E-state index contributed by atoms with van der Waals surface area (Å²) >= 11 is 6.10. The van der Waals surface area contributed by atoms with Crippen LogP contribution in [0.4, 0.5) is 17.3 Å². The first-order valence-corrected chi connectivity index (χ1v) is 8.67.